The number of aliphatic hydroxyl groups is 1. The van der Waals surface area contributed by atoms with Gasteiger partial charge in [0.2, 0.25) is 5.91 Å². The third-order valence-corrected chi connectivity index (χ3v) is 6.03. The molecule has 4 heterocycles. The Morgan fingerprint density at radius 3 is 3.00 bits per heavy atom. The van der Waals surface area contributed by atoms with Crippen molar-refractivity contribution in [2.45, 2.75) is 56.7 Å². The lowest BCUT2D eigenvalue weighted by Gasteiger charge is -2.60. The molecule has 4 rings (SSSR count). The molecule has 4 saturated heterocycles. The van der Waals surface area contributed by atoms with Crippen LogP contribution >= 0.6 is 0 Å². The molecule has 0 aromatic rings. The summed E-state index contributed by atoms with van der Waals surface area (Å²) in [5.41, 5.74) is -0.825. The van der Waals surface area contributed by atoms with E-state index >= 15 is 0 Å². The molecule has 0 spiro atoms. The van der Waals surface area contributed by atoms with E-state index in [9.17, 15) is 9.90 Å². The van der Waals surface area contributed by atoms with Crippen LogP contribution in [0.2, 0.25) is 0 Å². The molecule has 0 aromatic carbocycles. The largest absolute Gasteiger partial charge is 0.370 e. The van der Waals surface area contributed by atoms with Crippen LogP contribution in [0.1, 0.15) is 44.9 Å². The summed E-state index contributed by atoms with van der Waals surface area (Å²) in [6, 6.07) is 0.671. The van der Waals surface area contributed by atoms with Crippen molar-refractivity contribution in [3.8, 4) is 0 Å². The maximum absolute atomic E-state index is 12.2. The monoisotopic (exact) mass is 264 g/mol. The first-order valence-electron chi connectivity index (χ1n) is 7.95. The SMILES string of the molecule is O=C1CCC[C@]2(O)[C@H]3C[C@@H](CN12)[C@@H]1CCCCN1C3. The van der Waals surface area contributed by atoms with Gasteiger partial charge in [-0.25, -0.2) is 0 Å². The van der Waals surface area contributed by atoms with Gasteiger partial charge < -0.3 is 10.0 Å². The Labute approximate surface area is 114 Å². The third kappa shape index (κ3) is 1.69. The molecule has 4 heteroatoms. The zero-order valence-electron chi connectivity index (χ0n) is 11.6. The zero-order chi connectivity index (χ0) is 13.0. The van der Waals surface area contributed by atoms with Crippen molar-refractivity contribution in [3.63, 3.8) is 0 Å². The van der Waals surface area contributed by atoms with E-state index < -0.39 is 5.72 Å². The molecule has 0 unspecified atom stereocenters. The van der Waals surface area contributed by atoms with Gasteiger partial charge in [0.05, 0.1) is 0 Å². The van der Waals surface area contributed by atoms with E-state index in [1.165, 1.54) is 25.8 Å². The van der Waals surface area contributed by atoms with Crippen LogP contribution in [-0.2, 0) is 4.79 Å². The van der Waals surface area contributed by atoms with Gasteiger partial charge in [-0.05, 0) is 44.6 Å². The summed E-state index contributed by atoms with van der Waals surface area (Å²) >= 11 is 0. The molecule has 19 heavy (non-hydrogen) atoms. The summed E-state index contributed by atoms with van der Waals surface area (Å²) in [6.07, 6.45) is 7.33. The van der Waals surface area contributed by atoms with Crippen molar-refractivity contribution in [1.29, 1.82) is 0 Å². The van der Waals surface area contributed by atoms with Gasteiger partial charge in [0.25, 0.3) is 0 Å². The summed E-state index contributed by atoms with van der Waals surface area (Å²) < 4.78 is 0. The first-order valence-corrected chi connectivity index (χ1v) is 7.95. The zero-order valence-corrected chi connectivity index (χ0v) is 11.6. The standard InChI is InChI=1S/C15H24N2O2/c18-14-5-3-6-15(19)12-8-11(9-17(14)15)13-4-1-2-7-16(13)10-12/h11-13,19H,1-10H2/t11-,12-,13-,15-/m0/s1. The van der Waals surface area contributed by atoms with Crippen molar-refractivity contribution < 1.29 is 9.90 Å². The Morgan fingerprint density at radius 2 is 2.11 bits per heavy atom. The molecule has 0 radical (unpaired) electrons. The van der Waals surface area contributed by atoms with E-state index in [2.05, 4.69) is 4.90 Å². The molecule has 106 valence electrons. The first-order chi connectivity index (χ1) is 9.18. The minimum Gasteiger partial charge on any atom is -0.370 e. The van der Waals surface area contributed by atoms with E-state index in [-0.39, 0.29) is 11.8 Å². The summed E-state index contributed by atoms with van der Waals surface area (Å²) in [5, 5.41) is 11.0. The lowest BCUT2D eigenvalue weighted by atomic mass is 9.69. The second-order valence-corrected chi connectivity index (χ2v) is 6.99. The lowest BCUT2D eigenvalue weighted by Crippen LogP contribution is -2.70. The summed E-state index contributed by atoms with van der Waals surface area (Å²) in [6.45, 7) is 3.00. The van der Waals surface area contributed by atoms with Gasteiger partial charge in [-0.2, -0.15) is 0 Å². The summed E-state index contributed by atoms with van der Waals surface area (Å²) in [4.78, 5) is 16.6. The molecular formula is C15H24N2O2. The number of hydrogen-bond donors (Lipinski definition) is 1. The number of amides is 1. The molecule has 0 aliphatic carbocycles. The predicted octanol–water partition coefficient (Wildman–Crippen LogP) is 1.19. The van der Waals surface area contributed by atoms with Crippen LogP contribution in [0.4, 0.5) is 0 Å². The maximum atomic E-state index is 12.2. The van der Waals surface area contributed by atoms with Gasteiger partial charge in [0.1, 0.15) is 5.72 Å². The van der Waals surface area contributed by atoms with Crippen LogP contribution in [0.15, 0.2) is 0 Å². The van der Waals surface area contributed by atoms with Crippen LogP contribution in [0.25, 0.3) is 0 Å². The van der Waals surface area contributed by atoms with Crippen molar-refractivity contribution >= 4 is 5.91 Å². The molecule has 0 saturated carbocycles. The molecule has 0 aromatic heterocycles. The Balaban J connectivity index is 1.65. The van der Waals surface area contributed by atoms with Crippen LogP contribution in [0, 0.1) is 11.8 Å². The number of hydrogen-bond acceptors (Lipinski definition) is 3. The Bertz CT molecular complexity index is 400. The molecular weight excluding hydrogens is 240 g/mol. The number of fused-ring (bicyclic) bond motifs is 6. The van der Waals surface area contributed by atoms with E-state index in [0.717, 1.165) is 32.4 Å². The number of rotatable bonds is 0. The number of carbonyl (C=O) groups is 1. The smallest absolute Gasteiger partial charge is 0.224 e. The van der Waals surface area contributed by atoms with Crippen LogP contribution in [0.3, 0.4) is 0 Å². The quantitative estimate of drug-likeness (QED) is 0.715. The van der Waals surface area contributed by atoms with Crippen molar-refractivity contribution in [2.75, 3.05) is 19.6 Å². The fraction of sp³-hybridized carbons (Fsp3) is 0.933. The Hall–Kier alpha value is -0.610. The second kappa shape index (κ2) is 4.19. The van der Waals surface area contributed by atoms with Crippen LogP contribution in [0.5, 0.6) is 0 Å². The van der Waals surface area contributed by atoms with Gasteiger partial charge in [-0.1, -0.05) is 6.42 Å². The van der Waals surface area contributed by atoms with Gasteiger partial charge in [-0.3, -0.25) is 9.69 Å². The van der Waals surface area contributed by atoms with Gasteiger partial charge in [0, 0.05) is 31.5 Å². The van der Waals surface area contributed by atoms with E-state index in [4.69, 9.17) is 0 Å². The van der Waals surface area contributed by atoms with Crippen molar-refractivity contribution in [3.05, 3.63) is 0 Å². The van der Waals surface area contributed by atoms with Gasteiger partial charge in [-0.15, -0.1) is 0 Å². The molecule has 4 aliphatic heterocycles. The van der Waals surface area contributed by atoms with E-state index in [1.54, 1.807) is 0 Å². The molecule has 2 bridgehead atoms. The molecule has 4 fully saturated rings. The minimum absolute atomic E-state index is 0.188. The van der Waals surface area contributed by atoms with Gasteiger partial charge >= 0.3 is 0 Å². The van der Waals surface area contributed by atoms with Crippen LogP contribution < -0.4 is 0 Å². The first kappa shape index (κ1) is 12.2. The highest BCUT2D eigenvalue weighted by atomic mass is 16.3. The van der Waals surface area contributed by atoms with Gasteiger partial charge in [0.15, 0.2) is 0 Å². The van der Waals surface area contributed by atoms with Crippen LogP contribution in [-0.4, -0.2) is 52.2 Å². The highest BCUT2D eigenvalue weighted by Crippen LogP contribution is 2.47. The molecule has 4 aliphatic rings. The highest BCUT2D eigenvalue weighted by Gasteiger charge is 2.55. The Morgan fingerprint density at radius 1 is 1.21 bits per heavy atom. The number of piperidine rings is 4. The molecule has 1 N–H and O–H groups in total. The third-order valence-electron chi connectivity index (χ3n) is 6.03. The average Bonchev–Trinajstić information content (AvgIpc) is 2.42. The van der Waals surface area contributed by atoms with E-state index in [0.29, 0.717) is 18.4 Å². The highest BCUT2D eigenvalue weighted by molar-refractivity contribution is 5.78. The lowest BCUT2D eigenvalue weighted by molar-refractivity contribution is -0.226. The molecule has 1 amide bonds. The maximum Gasteiger partial charge on any atom is 0.224 e. The fourth-order valence-electron chi connectivity index (χ4n) is 5.09. The van der Waals surface area contributed by atoms with Crippen molar-refractivity contribution in [1.82, 2.24) is 9.80 Å². The molecule has 4 nitrogen and oxygen atoms in total. The number of carbonyl (C=O) groups excluding carboxylic acids is 1. The Kier molecular flexibility index (Phi) is 2.68. The van der Waals surface area contributed by atoms with Crippen molar-refractivity contribution in [2.24, 2.45) is 11.8 Å². The molecule has 4 atom stereocenters. The topological polar surface area (TPSA) is 43.8 Å². The summed E-state index contributed by atoms with van der Waals surface area (Å²) in [5.74, 6) is 1.07. The summed E-state index contributed by atoms with van der Waals surface area (Å²) in [7, 11) is 0. The fourth-order valence-corrected chi connectivity index (χ4v) is 5.09. The average molecular weight is 264 g/mol. The normalized spacial score (nSPS) is 46.7. The predicted molar refractivity (Wildman–Crippen MR) is 71.3 cm³/mol. The number of nitrogens with zero attached hydrogens (tertiary/aromatic N) is 2. The second-order valence-electron chi connectivity index (χ2n) is 6.99. The minimum atomic E-state index is -0.825. The van der Waals surface area contributed by atoms with E-state index in [1.807, 2.05) is 4.90 Å².